The maximum absolute atomic E-state index is 2.51. The summed E-state index contributed by atoms with van der Waals surface area (Å²) in [7, 11) is 4.49. The number of hydrogen-bond donors (Lipinski definition) is 0. The molecular formula is C8H16N2. The van der Waals surface area contributed by atoms with E-state index in [0.717, 1.165) is 0 Å². The molecule has 1 unspecified atom stereocenters. The van der Waals surface area contributed by atoms with Crippen LogP contribution in [-0.4, -0.2) is 42.6 Å². The zero-order valence-corrected chi connectivity index (χ0v) is 6.93. The Bertz CT molecular complexity index is 146. The molecule has 0 aliphatic carbocycles. The fourth-order valence-electron chi connectivity index (χ4n) is 2.39. The molecule has 2 heteroatoms. The number of nitrogens with zero attached hydrogens (tertiary/aromatic N) is 2. The maximum Gasteiger partial charge on any atom is 0.0745 e. The van der Waals surface area contributed by atoms with Gasteiger partial charge in [0.05, 0.1) is 5.66 Å². The second kappa shape index (κ2) is 1.95. The number of hydrogen-bond acceptors (Lipinski definition) is 2. The highest BCUT2D eigenvalue weighted by Gasteiger charge is 2.47. The van der Waals surface area contributed by atoms with Crippen molar-refractivity contribution in [3.05, 3.63) is 0 Å². The van der Waals surface area contributed by atoms with Crippen LogP contribution >= 0.6 is 0 Å². The smallest absolute Gasteiger partial charge is 0.0745 e. The minimum atomic E-state index is 0.500. The van der Waals surface area contributed by atoms with Gasteiger partial charge in [0.25, 0.3) is 0 Å². The molecule has 0 aromatic rings. The number of likely N-dealkylation sites (tertiary alicyclic amines) is 2. The van der Waals surface area contributed by atoms with Gasteiger partial charge in [-0.15, -0.1) is 0 Å². The Morgan fingerprint density at radius 1 is 1.00 bits per heavy atom. The van der Waals surface area contributed by atoms with Gasteiger partial charge < -0.3 is 0 Å². The summed E-state index contributed by atoms with van der Waals surface area (Å²) in [5.74, 6) is 0. The highest BCUT2D eigenvalue weighted by molar-refractivity contribution is 4.99. The van der Waals surface area contributed by atoms with Gasteiger partial charge in [0, 0.05) is 6.54 Å². The van der Waals surface area contributed by atoms with Crippen LogP contribution in [0, 0.1) is 0 Å². The lowest BCUT2D eigenvalue weighted by Crippen LogP contribution is -2.63. The minimum Gasteiger partial charge on any atom is -0.288 e. The Kier molecular flexibility index (Phi) is 1.29. The molecule has 2 heterocycles. The second-order valence-corrected chi connectivity index (χ2v) is 3.68. The molecule has 2 rings (SSSR count). The first-order valence-electron chi connectivity index (χ1n) is 4.18. The lowest BCUT2D eigenvalue weighted by atomic mass is 9.93. The Balaban J connectivity index is 2.13. The molecule has 0 N–H and O–H groups in total. The van der Waals surface area contributed by atoms with Gasteiger partial charge in [-0.2, -0.15) is 0 Å². The van der Waals surface area contributed by atoms with Gasteiger partial charge in [0.2, 0.25) is 0 Å². The molecule has 2 fully saturated rings. The Morgan fingerprint density at radius 2 is 1.70 bits per heavy atom. The van der Waals surface area contributed by atoms with Crippen LogP contribution in [0.15, 0.2) is 0 Å². The van der Waals surface area contributed by atoms with Gasteiger partial charge in [-0.25, -0.2) is 0 Å². The van der Waals surface area contributed by atoms with E-state index in [1.165, 1.54) is 32.4 Å². The molecule has 0 saturated carbocycles. The topological polar surface area (TPSA) is 6.48 Å². The van der Waals surface area contributed by atoms with Crippen molar-refractivity contribution in [1.29, 1.82) is 0 Å². The molecule has 0 aromatic heterocycles. The first kappa shape index (κ1) is 6.62. The van der Waals surface area contributed by atoms with Crippen LogP contribution in [0.4, 0.5) is 0 Å². The maximum atomic E-state index is 2.51. The van der Waals surface area contributed by atoms with E-state index in [0.29, 0.717) is 5.66 Å². The zero-order valence-electron chi connectivity index (χ0n) is 6.93. The van der Waals surface area contributed by atoms with Gasteiger partial charge in [0.1, 0.15) is 0 Å². The monoisotopic (exact) mass is 140 g/mol. The van der Waals surface area contributed by atoms with Crippen molar-refractivity contribution in [3.8, 4) is 0 Å². The van der Waals surface area contributed by atoms with Gasteiger partial charge >= 0.3 is 0 Å². The summed E-state index contributed by atoms with van der Waals surface area (Å²) in [4.78, 5) is 5.00. The summed E-state index contributed by atoms with van der Waals surface area (Å²) < 4.78 is 0. The second-order valence-electron chi connectivity index (χ2n) is 3.68. The molecule has 2 nitrogen and oxygen atoms in total. The molecule has 2 aliphatic heterocycles. The van der Waals surface area contributed by atoms with Gasteiger partial charge in [-0.1, -0.05) is 0 Å². The molecule has 2 aliphatic rings. The van der Waals surface area contributed by atoms with Crippen LogP contribution in [0.3, 0.4) is 0 Å². The van der Waals surface area contributed by atoms with Crippen molar-refractivity contribution in [2.24, 2.45) is 0 Å². The van der Waals surface area contributed by atoms with Crippen molar-refractivity contribution in [2.75, 3.05) is 27.2 Å². The Morgan fingerprint density at radius 3 is 1.90 bits per heavy atom. The summed E-state index contributed by atoms with van der Waals surface area (Å²) in [6.07, 6.45) is 4.17. The highest BCUT2D eigenvalue weighted by atomic mass is 15.4. The molecule has 1 spiro atoms. The third kappa shape index (κ3) is 0.611. The predicted octanol–water partition coefficient (Wildman–Crippen LogP) is 0.744. The molecular weight excluding hydrogens is 124 g/mol. The van der Waals surface area contributed by atoms with Crippen LogP contribution in [-0.2, 0) is 0 Å². The normalized spacial score (nSPS) is 42.6. The summed E-state index contributed by atoms with van der Waals surface area (Å²) in [5, 5.41) is 0. The summed E-state index contributed by atoms with van der Waals surface area (Å²) >= 11 is 0. The zero-order chi connectivity index (χ0) is 7.19. The third-order valence-electron chi connectivity index (χ3n) is 3.34. The van der Waals surface area contributed by atoms with E-state index in [2.05, 4.69) is 23.9 Å². The van der Waals surface area contributed by atoms with Gasteiger partial charge in [0.15, 0.2) is 0 Å². The van der Waals surface area contributed by atoms with Crippen molar-refractivity contribution in [3.63, 3.8) is 0 Å². The third-order valence-corrected chi connectivity index (χ3v) is 3.34. The van der Waals surface area contributed by atoms with Crippen molar-refractivity contribution in [2.45, 2.75) is 24.9 Å². The Labute approximate surface area is 62.8 Å². The first-order chi connectivity index (χ1) is 4.76. The van der Waals surface area contributed by atoms with Crippen molar-refractivity contribution in [1.82, 2.24) is 9.80 Å². The molecule has 1 atom stereocenters. The van der Waals surface area contributed by atoms with Crippen LogP contribution in [0.2, 0.25) is 0 Å². The van der Waals surface area contributed by atoms with Crippen molar-refractivity contribution < 1.29 is 0 Å². The van der Waals surface area contributed by atoms with E-state index in [-0.39, 0.29) is 0 Å². The summed E-state index contributed by atoms with van der Waals surface area (Å²) in [6, 6.07) is 0. The van der Waals surface area contributed by atoms with Crippen LogP contribution < -0.4 is 0 Å². The van der Waals surface area contributed by atoms with E-state index < -0.39 is 0 Å². The molecule has 0 radical (unpaired) electrons. The van der Waals surface area contributed by atoms with Crippen LogP contribution in [0.25, 0.3) is 0 Å². The molecule has 2 saturated heterocycles. The highest BCUT2D eigenvalue weighted by Crippen LogP contribution is 2.39. The molecule has 10 heavy (non-hydrogen) atoms. The van der Waals surface area contributed by atoms with E-state index in [1.807, 2.05) is 0 Å². The largest absolute Gasteiger partial charge is 0.288 e. The molecule has 58 valence electrons. The average Bonchev–Trinajstić information content (AvgIpc) is 2.30. The van der Waals surface area contributed by atoms with E-state index >= 15 is 0 Å². The molecule has 0 amide bonds. The molecule has 0 aromatic carbocycles. The summed E-state index contributed by atoms with van der Waals surface area (Å²) in [6.45, 7) is 2.59. The fraction of sp³-hybridized carbons (Fsp3) is 1.00. The lowest BCUT2D eigenvalue weighted by molar-refractivity contribution is -0.0822. The average molecular weight is 140 g/mol. The van der Waals surface area contributed by atoms with Gasteiger partial charge in [-0.3, -0.25) is 9.80 Å². The minimum absolute atomic E-state index is 0.500. The van der Waals surface area contributed by atoms with E-state index in [1.54, 1.807) is 0 Å². The van der Waals surface area contributed by atoms with Gasteiger partial charge in [-0.05, 0) is 39.9 Å². The van der Waals surface area contributed by atoms with Crippen molar-refractivity contribution >= 4 is 0 Å². The van der Waals surface area contributed by atoms with Crippen LogP contribution in [0.1, 0.15) is 19.3 Å². The lowest BCUT2D eigenvalue weighted by Gasteiger charge is -2.52. The van der Waals surface area contributed by atoms with E-state index in [4.69, 9.17) is 0 Å². The predicted molar refractivity (Wildman–Crippen MR) is 41.8 cm³/mol. The van der Waals surface area contributed by atoms with Crippen LogP contribution in [0.5, 0.6) is 0 Å². The van der Waals surface area contributed by atoms with E-state index in [9.17, 15) is 0 Å². The fourth-order valence-corrected chi connectivity index (χ4v) is 2.39. The first-order valence-corrected chi connectivity index (χ1v) is 4.18. The SMILES string of the molecule is CN1CCCC12CCN2C. The Hall–Kier alpha value is -0.0800. The quantitative estimate of drug-likeness (QED) is 0.490. The number of rotatable bonds is 0. The summed E-state index contributed by atoms with van der Waals surface area (Å²) in [5.41, 5.74) is 0.500. The molecule has 0 bridgehead atoms. The standard InChI is InChI=1S/C8H16N2/c1-9-6-3-4-8(9)5-7-10(8)2/h3-7H2,1-2H3.